The number of benzene rings is 9. The van der Waals surface area contributed by atoms with Gasteiger partial charge >= 0.3 is 0 Å². The zero-order valence-electron chi connectivity index (χ0n) is 31.3. The van der Waals surface area contributed by atoms with Crippen molar-refractivity contribution in [1.82, 2.24) is 4.57 Å². The highest BCUT2D eigenvalue weighted by molar-refractivity contribution is 6.11. The van der Waals surface area contributed by atoms with Gasteiger partial charge in [-0.25, -0.2) is 0 Å². The number of rotatable bonds is 8. The number of para-hydroxylation sites is 2. The number of nitrogens with zero attached hydrogens (tertiary/aromatic N) is 2. The van der Waals surface area contributed by atoms with Gasteiger partial charge in [-0.15, -0.1) is 0 Å². The van der Waals surface area contributed by atoms with Gasteiger partial charge in [-0.05, 0) is 117 Å². The molecule has 10 aromatic rings. The Morgan fingerprint density at radius 3 is 1.32 bits per heavy atom. The minimum Gasteiger partial charge on any atom is -0.341 e. The van der Waals surface area contributed by atoms with Crippen molar-refractivity contribution >= 4 is 49.6 Å². The third-order valence-corrected chi connectivity index (χ3v) is 11.2. The summed E-state index contributed by atoms with van der Waals surface area (Å²) in [5.74, 6) is 0. The molecule has 0 saturated carbocycles. The van der Waals surface area contributed by atoms with Crippen molar-refractivity contribution in [3.8, 4) is 44.5 Å². The van der Waals surface area contributed by atoms with Crippen LogP contribution < -0.4 is 4.90 Å². The number of hydrogen-bond acceptors (Lipinski definition) is 1. The van der Waals surface area contributed by atoms with Crippen LogP contribution in [0.3, 0.4) is 0 Å². The highest BCUT2D eigenvalue weighted by atomic mass is 15.1. The molecule has 0 amide bonds. The van der Waals surface area contributed by atoms with Gasteiger partial charge in [0, 0.05) is 45.4 Å². The summed E-state index contributed by atoms with van der Waals surface area (Å²) in [5, 5.41) is 5.14. The third-order valence-electron chi connectivity index (χ3n) is 11.2. The second-order valence-electron chi connectivity index (χ2n) is 14.4. The van der Waals surface area contributed by atoms with Crippen molar-refractivity contribution in [3.05, 3.63) is 212 Å². The largest absolute Gasteiger partial charge is 0.341 e. The Labute approximate surface area is 328 Å². The van der Waals surface area contributed by atoms with E-state index in [0.717, 1.165) is 23.6 Å². The molecular weight excluding hydrogens is 677 g/mol. The Kier molecular flexibility index (Phi) is 8.50. The Hall–Kier alpha value is -7.16. The van der Waals surface area contributed by atoms with Crippen LogP contribution in [0.5, 0.6) is 0 Å². The summed E-state index contributed by atoms with van der Waals surface area (Å²) < 4.78 is 2.42. The van der Waals surface area contributed by atoms with Crippen molar-refractivity contribution in [2.24, 2.45) is 0 Å². The van der Waals surface area contributed by atoms with Crippen molar-refractivity contribution < 1.29 is 0 Å². The summed E-state index contributed by atoms with van der Waals surface area (Å²) in [6.45, 7) is 3.17. The van der Waals surface area contributed by atoms with E-state index >= 15 is 0 Å². The maximum atomic E-state index is 2.42. The molecule has 1 heterocycles. The molecule has 56 heavy (non-hydrogen) atoms. The maximum Gasteiger partial charge on any atom is 0.0491 e. The standard InChI is InChI=1S/C54H40N2/c1-2-55-53-20-12-11-19-51(53)52-37-43(29-36-54(52)55)48-35-34-47(49-17-9-10-18-50(48)49)42-23-21-39(22-24-42)41-27-32-46(33-28-41)56(44-15-7-4-8-16-44)45-30-25-40(26-31-45)38-13-5-3-6-14-38/h3-37H,2H2,1H3. The highest BCUT2D eigenvalue weighted by Crippen LogP contribution is 2.40. The second kappa shape index (κ2) is 14.2. The Morgan fingerprint density at radius 2 is 0.732 bits per heavy atom. The van der Waals surface area contributed by atoms with Crippen LogP contribution in [-0.2, 0) is 6.54 Å². The van der Waals surface area contributed by atoms with Crippen molar-refractivity contribution in [2.45, 2.75) is 13.5 Å². The van der Waals surface area contributed by atoms with E-state index in [1.165, 1.54) is 77.1 Å². The van der Waals surface area contributed by atoms with Crippen LogP contribution in [0.4, 0.5) is 17.1 Å². The first-order valence-corrected chi connectivity index (χ1v) is 19.5. The van der Waals surface area contributed by atoms with Gasteiger partial charge in [0.25, 0.3) is 0 Å². The number of aryl methyl sites for hydroxylation is 1. The normalized spacial score (nSPS) is 11.4. The van der Waals surface area contributed by atoms with E-state index in [1.54, 1.807) is 0 Å². The van der Waals surface area contributed by atoms with E-state index < -0.39 is 0 Å². The topological polar surface area (TPSA) is 8.17 Å². The number of aromatic nitrogens is 1. The molecule has 0 unspecified atom stereocenters. The lowest BCUT2D eigenvalue weighted by molar-refractivity contribution is 0.827. The van der Waals surface area contributed by atoms with E-state index in [4.69, 9.17) is 0 Å². The molecule has 0 atom stereocenters. The van der Waals surface area contributed by atoms with E-state index in [9.17, 15) is 0 Å². The predicted octanol–water partition coefficient (Wildman–Crippen LogP) is 15.1. The quantitative estimate of drug-likeness (QED) is 0.152. The summed E-state index contributed by atoms with van der Waals surface area (Å²) in [5.41, 5.74) is 15.7. The molecule has 1 aromatic heterocycles. The van der Waals surface area contributed by atoms with Crippen LogP contribution in [0.25, 0.3) is 77.1 Å². The van der Waals surface area contributed by atoms with Crippen molar-refractivity contribution in [3.63, 3.8) is 0 Å². The van der Waals surface area contributed by atoms with Gasteiger partial charge in [0.15, 0.2) is 0 Å². The highest BCUT2D eigenvalue weighted by Gasteiger charge is 2.15. The van der Waals surface area contributed by atoms with Crippen LogP contribution in [0.1, 0.15) is 6.92 Å². The van der Waals surface area contributed by atoms with Gasteiger partial charge in [0.2, 0.25) is 0 Å². The van der Waals surface area contributed by atoms with Crippen LogP contribution >= 0.6 is 0 Å². The number of hydrogen-bond donors (Lipinski definition) is 0. The fourth-order valence-electron chi connectivity index (χ4n) is 8.47. The average molecular weight is 717 g/mol. The molecule has 0 bridgehead atoms. The minimum absolute atomic E-state index is 0.947. The van der Waals surface area contributed by atoms with Gasteiger partial charge in [0.05, 0.1) is 0 Å². The first-order chi connectivity index (χ1) is 27.7. The molecule has 266 valence electrons. The molecule has 9 aromatic carbocycles. The maximum absolute atomic E-state index is 2.42. The summed E-state index contributed by atoms with van der Waals surface area (Å²) in [6, 6.07) is 77.1. The van der Waals surface area contributed by atoms with Gasteiger partial charge in [-0.2, -0.15) is 0 Å². The molecule has 0 aliphatic carbocycles. The Bertz CT molecular complexity index is 2960. The predicted molar refractivity (Wildman–Crippen MR) is 239 cm³/mol. The summed E-state index contributed by atoms with van der Waals surface area (Å²) in [4.78, 5) is 2.32. The molecule has 10 rings (SSSR count). The van der Waals surface area contributed by atoms with E-state index in [2.05, 4.69) is 229 Å². The lowest BCUT2D eigenvalue weighted by atomic mass is 9.91. The summed E-state index contributed by atoms with van der Waals surface area (Å²) in [7, 11) is 0. The first kappa shape index (κ1) is 33.4. The first-order valence-electron chi connectivity index (χ1n) is 19.5. The van der Waals surface area contributed by atoms with Crippen LogP contribution in [-0.4, -0.2) is 4.57 Å². The van der Waals surface area contributed by atoms with Crippen molar-refractivity contribution in [2.75, 3.05) is 4.90 Å². The van der Waals surface area contributed by atoms with E-state index in [1.807, 2.05) is 0 Å². The minimum atomic E-state index is 0.947. The lowest BCUT2D eigenvalue weighted by Crippen LogP contribution is -2.09. The average Bonchev–Trinajstić information content (AvgIpc) is 3.60. The molecule has 0 aliphatic rings. The SMILES string of the molecule is CCn1c2ccccc2c2cc(-c3ccc(-c4ccc(-c5ccc(N(c6ccccc6)c6ccc(-c7ccccc7)cc6)cc5)cc4)c4ccccc34)ccc21. The van der Waals surface area contributed by atoms with Crippen LogP contribution in [0.15, 0.2) is 212 Å². The van der Waals surface area contributed by atoms with E-state index in [0.29, 0.717) is 0 Å². The second-order valence-corrected chi connectivity index (χ2v) is 14.4. The molecular formula is C54H40N2. The molecule has 0 fully saturated rings. The zero-order chi connectivity index (χ0) is 37.4. The van der Waals surface area contributed by atoms with Crippen molar-refractivity contribution in [1.29, 1.82) is 0 Å². The van der Waals surface area contributed by atoms with Gasteiger partial charge in [0.1, 0.15) is 0 Å². The summed E-state index contributed by atoms with van der Waals surface area (Å²) >= 11 is 0. The Balaban J connectivity index is 0.953. The monoisotopic (exact) mass is 716 g/mol. The number of fused-ring (bicyclic) bond motifs is 4. The van der Waals surface area contributed by atoms with E-state index in [-0.39, 0.29) is 0 Å². The molecule has 0 aliphatic heterocycles. The third kappa shape index (κ3) is 5.93. The van der Waals surface area contributed by atoms with Gasteiger partial charge < -0.3 is 9.47 Å². The molecule has 0 N–H and O–H groups in total. The molecule has 0 spiro atoms. The summed E-state index contributed by atoms with van der Waals surface area (Å²) in [6.07, 6.45) is 0. The molecule has 0 saturated heterocycles. The number of anilines is 3. The van der Waals surface area contributed by atoms with Gasteiger partial charge in [-0.3, -0.25) is 0 Å². The fraction of sp³-hybridized carbons (Fsp3) is 0.0370. The zero-order valence-corrected chi connectivity index (χ0v) is 31.3. The van der Waals surface area contributed by atoms with Crippen LogP contribution in [0, 0.1) is 0 Å². The Morgan fingerprint density at radius 1 is 0.321 bits per heavy atom. The molecule has 0 radical (unpaired) electrons. The molecule has 2 heteroatoms. The lowest BCUT2D eigenvalue weighted by Gasteiger charge is -2.26. The van der Waals surface area contributed by atoms with Gasteiger partial charge in [-0.1, -0.05) is 158 Å². The smallest absolute Gasteiger partial charge is 0.0491 e. The fourth-order valence-corrected chi connectivity index (χ4v) is 8.47. The molecule has 2 nitrogen and oxygen atoms in total. The van der Waals surface area contributed by atoms with Crippen LogP contribution in [0.2, 0.25) is 0 Å².